The number of rotatable bonds is 7. The minimum absolute atomic E-state index is 0.141. The van der Waals surface area contributed by atoms with Gasteiger partial charge in [-0.25, -0.2) is 24.5 Å². The molecule has 1 aromatic carbocycles. The van der Waals surface area contributed by atoms with Crippen LogP contribution in [0, 0.1) is 0 Å². The minimum atomic E-state index is -0.706. The van der Waals surface area contributed by atoms with Crippen molar-refractivity contribution in [2.45, 2.75) is 51.2 Å². The summed E-state index contributed by atoms with van der Waals surface area (Å²) in [6.07, 6.45) is 4.15. The molecule has 0 spiro atoms. The van der Waals surface area contributed by atoms with E-state index in [0.29, 0.717) is 17.9 Å². The number of nitrogens with one attached hydrogen (secondary N) is 2. The van der Waals surface area contributed by atoms with Crippen LogP contribution in [-0.4, -0.2) is 56.2 Å². The zero-order chi connectivity index (χ0) is 25.7. The summed E-state index contributed by atoms with van der Waals surface area (Å²) >= 11 is 0. The lowest BCUT2D eigenvalue weighted by Crippen LogP contribution is -2.43. The van der Waals surface area contributed by atoms with E-state index in [0.717, 1.165) is 11.1 Å². The molecule has 36 heavy (non-hydrogen) atoms. The van der Waals surface area contributed by atoms with Gasteiger partial charge in [0.1, 0.15) is 18.0 Å². The predicted molar refractivity (Wildman–Crippen MR) is 131 cm³/mol. The number of aromatic nitrogens is 3. The van der Waals surface area contributed by atoms with Gasteiger partial charge in [-0.15, -0.1) is 0 Å². The summed E-state index contributed by atoms with van der Waals surface area (Å²) in [5.74, 6) is -0.759. The standard InChI is InChI=1S/C26H29N5O5/c1-26(2,3)36-24(33)30-22-10-9-18(13-28-22)12-20(21-14-27-16-29-21)23(32)31-19(15-35-25(31)34)11-17-7-5-4-6-8-17/h4-10,13-14,16,19-20H,11-12,15H2,1-3H3,(H,27,29)(H,28,30,33)/t19-,20-/m1/s1. The van der Waals surface area contributed by atoms with Crippen LogP contribution >= 0.6 is 0 Å². The van der Waals surface area contributed by atoms with E-state index >= 15 is 0 Å². The van der Waals surface area contributed by atoms with E-state index in [2.05, 4.69) is 20.3 Å². The zero-order valence-corrected chi connectivity index (χ0v) is 20.4. The summed E-state index contributed by atoms with van der Waals surface area (Å²) in [7, 11) is 0. The summed E-state index contributed by atoms with van der Waals surface area (Å²) in [4.78, 5) is 50.8. The Morgan fingerprint density at radius 1 is 1.17 bits per heavy atom. The van der Waals surface area contributed by atoms with E-state index in [-0.39, 0.29) is 18.9 Å². The number of amides is 3. The lowest BCUT2D eigenvalue weighted by Gasteiger charge is -2.24. The van der Waals surface area contributed by atoms with E-state index in [1.807, 2.05) is 30.3 Å². The molecule has 0 radical (unpaired) electrons. The van der Waals surface area contributed by atoms with Crippen molar-refractivity contribution in [1.82, 2.24) is 19.9 Å². The first kappa shape index (κ1) is 24.9. The lowest BCUT2D eigenvalue weighted by molar-refractivity contribution is -0.130. The third kappa shape index (κ3) is 6.26. The van der Waals surface area contributed by atoms with Crippen molar-refractivity contribution in [1.29, 1.82) is 0 Å². The SMILES string of the molecule is CC(C)(C)OC(=O)Nc1ccc(C[C@@H](C(=O)N2C(=O)OC[C@H]2Cc2ccccc2)c2cnc[nH]2)cn1. The summed E-state index contributed by atoms with van der Waals surface area (Å²) in [5, 5.41) is 2.58. The number of anilines is 1. The van der Waals surface area contributed by atoms with Crippen molar-refractivity contribution in [2.24, 2.45) is 0 Å². The number of H-pyrrole nitrogens is 1. The second-order valence-electron chi connectivity index (χ2n) is 9.57. The number of benzene rings is 1. The number of imide groups is 1. The maximum Gasteiger partial charge on any atom is 0.417 e. The van der Waals surface area contributed by atoms with Crippen molar-refractivity contribution < 1.29 is 23.9 Å². The lowest BCUT2D eigenvalue weighted by atomic mass is 9.95. The van der Waals surface area contributed by atoms with Gasteiger partial charge in [-0.3, -0.25) is 10.1 Å². The van der Waals surface area contributed by atoms with Crippen molar-refractivity contribution >= 4 is 23.9 Å². The van der Waals surface area contributed by atoms with Crippen molar-refractivity contribution in [2.75, 3.05) is 11.9 Å². The molecule has 1 fully saturated rings. The summed E-state index contributed by atoms with van der Waals surface area (Å²) in [5.41, 5.74) is 1.70. The highest BCUT2D eigenvalue weighted by molar-refractivity contribution is 5.97. The molecular weight excluding hydrogens is 462 g/mol. The summed E-state index contributed by atoms with van der Waals surface area (Å²) < 4.78 is 10.5. The Hall–Kier alpha value is -4.21. The zero-order valence-electron chi connectivity index (χ0n) is 20.4. The molecule has 3 aromatic rings. The maximum absolute atomic E-state index is 13.7. The van der Waals surface area contributed by atoms with Gasteiger partial charge < -0.3 is 14.5 Å². The number of aromatic amines is 1. The van der Waals surface area contributed by atoms with Crippen molar-refractivity contribution in [3.8, 4) is 0 Å². The first-order valence-electron chi connectivity index (χ1n) is 11.7. The number of nitrogens with zero attached hydrogens (tertiary/aromatic N) is 3. The van der Waals surface area contributed by atoms with E-state index in [1.165, 1.54) is 11.2 Å². The van der Waals surface area contributed by atoms with Gasteiger partial charge in [0.05, 0.1) is 18.3 Å². The number of carbonyl (C=O) groups excluding carboxylic acids is 3. The number of imidazole rings is 1. The van der Waals surface area contributed by atoms with Gasteiger partial charge in [0.25, 0.3) is 0 Å². The molecule has 10 nitrogen and oxygen atoms in total. The highest BCUT2D eigenvalue weighted by Gasteiger charge is 2.41. The topological polar surface area (TPSA) is 127 Å². The molecule has 2 N–H and O–H groups in total. The molecule has 4 rings (SSSR count). The van der Waals surface area contributed by atoms with Gasteiger partial charge in [-0.2, -0.15) is 0 Å². The Bertz CT molecular complexity index is 1190. The summed E-state index contributed by atoms with van der Waals surface area (Å²) in [6, 6.07) is 12.7. The molecule has 1 saturated heterocycles. The van der Waals surface area contributed by atoms with Crippen LogP contribution in [0.5, 0.6) is 0 Å². The molecule has 1 aliphatic heterocycles. The van der Waals surface area contributed by atoms with Crippen LogP contribution in [0.15, 0.2) is 61.2 Å². The Balaban J connectivity index is 1.50. The molecule has 2 atom stereocenters. The molecule has 3 amide bonds. The molecule has 2 aromatic heterocycles. The molecule has 10 heteroatoms. The van der Waals surface area contributed by atoms with Crippen molar-refractivity contribution in [3.63, 3.8) is 0 Å². The Kier molecular flexibility index (Phi) is 7.33. The minimum Gasteiger partial charge on any atom is -0.447 e. The number of cyclic esters (lactones) is 1. The molecular formula is C26H29N5O5. The molecule has 188 valence electrons. The monoisotopic (exact) mass is 491 g/mol. The fraction of sp³-hybridized carbons (Fsp3) is 0.346. The predicted octanol–water partition coefficient (Wildman–Crippen LogP) is 4.07. The normalized spacial score (nSPS) is 16.4. The number of hydrogen-bond acceptors (Lipinski definition) is 7. The molecule has 0 unspecified atom stereocenters. The van der Waals surface area contributed by atoms with Crippen molar-refractivity contribution in [3.05, 3.63) is 78.0 Å². The van der Waals surface area contributed by atoms with Crippen LogP contribution in [-0.2, 0) is 27.1 Å². The molecule has 1 aliphatic rings. The van der Waals surface area contributed by atoms with E-state index in [4.69, 9.17) is 9.47 Å². The quantitative estimate of drug-likeness (QED) is 0.510. The van der Waals surface area contributed by atoms with Crippen LogP contribution in [0.3, 0.4) is 0 Å². The second-order valence-corrected chi connectivity index (χ2v) is 9.57. The first-order valence-corrected chi connectivity index (χ1v) is 11.7. The molecule has 0 aliphatic carbocycles. The molecule has 0 bridgehead atoms. The second kappa shape index (κ2) is 10.6. The Labute approximate surface area is 209 Å². The largest absolute Gasteiger partial charge is 0.447 e. The number of ether oxygens (including phenoxy) is 2. The van der Waals surface area contributed by atoms with Gasteiger partial charge in [-0.1, -0.05) is 36.4 Å². The maximum atomic E-state index is 13.7. The van der Waals surface area contributed by atoms with E-state index in [9.17, 15) is 14.4 Å². The number of pyridine rings is 1. The van der Waals surface area contributed by atoms with Gasteiger partial charge in [0, 0.05) is 18.1 Å². The fourth-order valence-electron chi connectivity index (χ4n) is 3.99. The van der Waals surface area contributed by atoms with Crippen LogP contribution in [0.4, 0.5) is 15.4 Å². The fourth-order valence-corrected chi connectivity index (χ4v) is 3.99. The average molecular weight is 492 g/mol. The smallest absolute Gasteiger partial charge is 0.417 e. The number of hydrogen-bond donors (Lipinski definition) is 2. The van der Waals surface area contributed by atoms with Crippen LogP contribution in [0.25, 0.3) is 0 Å². The highest BCUT2D eigenvalue weighted by Crippen LogP contribution is 2.27. The van der Waals surface area contributed by atoms with E-state index < -0.39 is 29.7 Å². The van der Waals surface area contributed by atoms with Gasteiger partial charge >= 0.3 is 12.2 Å². The molecule has 3 heterocycles. The van der Waals surface area contributed by atoms with Crippen LogP contribution in [0.2, 0.25) is 0 Å². The van der Waals surface area contributed by atoms with Crippen LogP contribution in [0.1, 0.15) is 43.5 Å². The van der Waals surface area contributed by atoms with Crippen LogP contribution < -0.4 is 5.32 Å². The molecule has 0 saturated carbocycles. The highest BCUT2D eigenvalue weighted by atomic mass is 16.6. The third-order valence-corrected chi connectivity index (χ3v) is 5.60. The van der Waals surface area contributed by atoms with Gasteiger partial charge in [-0.05, 0) is 50.8 Å². The number of carbonyl (C=O) groups is 3. The summed E-state index contributed by atoms with van der Waals surface area (Å²) in [6.45, 7) is 5.46. The Morgan fingerprint density at radius 3 is 2.58 bits per heavy atom. The Morgan fingerprint density at radius 2 is 1.94 bits per heavy atom. The van der Waals surface area contributed by atoms with E-state index in [1.54, 1.807) is 45.3 Å². The third-order valence-electron chi connectivity index (χ3n) is 5.60. The average Bonchev–Trinajstić information content (AvgIpc) is 3.48. The first-order chi connectivity index (χ1) is 17.2. The van der Waals surface area contributed by atoms with Gasteiger partial charge in [0.2, 0.25) is 5.91 Å². The van der Waals surface area contributed by atoms with Gasteiger partial charge in [0.15, 0.2) is 0 Å².